The van der Waals surface area contributed by atoms with Gasteiger partial charge in [-0.1, -0.05) is 12.8 Å². The van der Waals surface area contributed by atoms with E-state index >= 15 is 0 Å². The van der Waals surface area contributed by atoms with Crippen LogP contribution < -0.4 is 10.6 Å². The lowest BCUT2D eigenvalue weighted by Crippen LogP contribution is -2.46. The van der Waals surface area contributed by atoms with Crippen LogP contribution in [0.2, 0.25) is 0 Å². The van der Waals surface area contributed by atoms with E-state index in [4.69, 9.17) is 0 Å². The molecule has 0 aromatic rings. The van der Waals surface area contributed by atoms with Crippen molar-refractivity contribution in [3.63, 3.8) is 0 Å². The van der Waals surface area contributed by atoms with E-state index in [2.05, 4.69) is 24.5 Å². The zero-order valence-corrected chi connectivity index (χ0v) is 19.1. The number of amides is 2. The topological polar surface area (TPSA) is 58.2 Å². The molecule has 5 fully saturated rings. The predicted molar refractivity (Wildman–Crippen MR) is 119 cm³/mol. The summed E-state index contributed by atoms with van der Waals surface area (Å²) in [6.07, 6.45) is 14.5. The molecule has 0 saturated heterocycles. The number of hydrogen-bond donors (Lipinski definition) is 2. The Kier molecular flexibility index (Phi) is 5.88. The molecule has 5 aliphatic carbocycles. The molecule has 5 saturated carbocycles. The van der Waals surface area contributed by atoms with E-state index in [1.807, 2.05) is 0 Å². The fourth-order valence-electron chi connectivity index (χ4n) is 8.33. The van der Waals surface area contributed by atoms with Crippen molar-refractivity contribution in [2.24, 2.45) is 47.3 Å². The van der Waals surface area contributed by atoms with Crippen LogP contribution >= 0.6 is 0 Å². The molecule has 0 aromatic heterocycles. The lowest BCUT2D eigenvalue weighted by atomic mass is 9.79. The highest BCUT2D eigenvalue weighted by Crippen LogP contribution is 2.50. The number of fused-ring (bicyclic) bond motifs is 4. The van der Waals surface area contributed by atoms with Crippen LogP contribution in [-0.2, 0) is 9.59 Å². The van der Waals surface area contributed by atoms with Gasteiger partial charge in [-0.2, -0.15) is 0 Å². The summed E-state index contributed by atoms with van der Waals surface area (Å²) in [5.41, 5.74) is 0. The first-order valence-corrected chi connectivity index (χ1v) is 13.1. The predicted octanol–water partition coefficient (Wildman–Crippen LogP) is 4.67. The fraction of sp³-hybridized carbons (Fsp3) is 0.923. The summed E-state index contributed by atoms with van der Waals surface area (Å²) in [7, 11) is 0. The highest BCUT2D eigenvalue weighted by Gasteiger charge is 2.44. The Labute approximate surface area is 182 Å². The molecule has 5 rings (SSSR count). The van der Waals surface area contributed by atoms with Crippen LogP contribution in [0.5, 0.6) is 0 Å². The fourth-order valence-corrected chi connectivity index (χ4v) is 8.33. The average Bonchev–Trinajstić information content (AvgIpc) is 3.55. The summed E-state index contributed by atoms with van der Waals surface area (Å²) in [4.78, 5) is 25.7. The van der Waals surface area contributed by atoms with Crippen LogP contribution in [0, 0.1) is 47.3 Å². The maximum atomic E-state index is 12.9. The summed E-state index contributed by atoms with van der Waals surface area (Å²) in [5, 5.41) is 6.73. The van der Waals surface area contributed by atoms with Crippen LogP contribution in [0.3, 0.4) is 0 Å². The van der Waals surface area contributed by atoms with Gasteiger partial charge < -0.3 is 10.6 Å². The van der Waals surface area contributed by atoms with Crippen LogP contribution in [0.1, 0.15) is 90.9 Å². The Bertz CT molecular complexity index is 599. The Morgan fingerprint density at radius 3 is 1.30 bits per heavy atom. The second kappa shape index (κ2) is 8.47. The van der Waals surface area contributed by atoms with Gasteiger partial charge in [0.25, 0.3) is 0 Å². The third-order valence-electron chi connectivity index (χ3n) is 10.1. The van der Waals surface area contributed by atoms with E-state index in [1.54, 1.807) is 0 Å². The van der Waals surface area contributed by atoms with Crippen molar-refractivity contribution in [1.29, 1.82) is 0 Å². The van der Waals surface area contributed by atoms with E-state index in [0.29, 0.717) is 23.9 Å². The SMILES string of the molecule is C[C@H](NC(=O)C1CCC(C(=O)N[C@H](C)[C@@H]2C[C@H]3CC[C@H]2C3)CC1)[C@H]1C[C@H]2CC[C@H]1C2. The molecule has 0 aromatic carbocycles. The summed E-state index contributed by atoms with van der Waals surface area (Å²) in [5.74, 6) is 5.66. The largest absolute Gasteiger partial charge is 0.353 e. The molecule has 0 heterocycles. The van der Waals surface area contributed by atoms with Crippen LogP contribution in [0.15, 0.2) is 0 Å². The van der Waals surface area contributed by atoms with E-state index in [0.717, 1.165) is 49.4 Å². The molecular weight excluding hydrogens is 372 g/mol. The van der Waals surface area contributed by atoms with Gasteiger partial charge in [0.1, 0.15) is 0 Å². The molecule has 4 bridgehead atoms. The van der Waals surface area contributed by atoms with Crippen molar-refractivity contribution < 1.29 is 9.59 Å². The molecule has 0 aliphatic heterocycles. The first-order chi connectivity index (χ1) is 14.5. The van der Waals surface area contributed by atoms with Gasteiger partial charge in [-0.3, -0.25) is 9.59 Å². The Balaban J connectivity index is 1.05. The second-order valence-electron chi connectivity index (χ2n) is 11.8. The van der Waals surface area contributed by atoms with Crippen LogP contribution in [0.4, 0.5) is 0 Å². The van der Waals surface area contributed by atoms with Crippen LogP contribution in [0.25, 0.3) is 0 Å². The molecule has 0 radical (unpaired) electrons. The summed E-state index contributed by atoms with van der Waals surface area (Å²) >= 11 is 0. The van der Waals surface area contributed by atoms with Crippen molar-refractivity contribution in [2.75, 3.05) is 0 Å². The zero-order valence-electron chi connectivity index (χ0n) is 19.1. The van der Waals surface area contributed by atoms with Gasteiger partial charge in [-0.15, -0.1) is 0 Å². The third-order valence-corrected chi connectivity index (χ3v) is 10.1. The highest BCUT2D eigenvalue weighted by molar-refractivity contribution is 5.81. The quantitative estimate of drug-likeness (QED) is 0.663. The monoisotopic (exact) mass is 414 g/mol. The Morgan fingerprint density at radius 2 is 1.00 bits per heavy atom. The van der Waals surface area contributed by atoms with E-state index in [1.165, 1.54) is 51.4 Å². The van der Waals surface area contributed by atoms with E-state index in [9.17, 15) is 9.59 Å². The lowest BCUT2D eigenvalue weighted by molar-refractivity contribution is -0.131. The number of hydrogen-bond acceptors (Lipinski definition) is 2. The molecule has 0 spiro atoms. The van der Waals surface area contributed by atoms with Crippen molar-refractivity contribution in [1.82, 2.24) is 10.6 Å². The zero-order chi connectivity index (χ0) is 20.8. The van der Waals surface area contributed by atoms with Crippen molar-refractivity contribution in [2.45, 2.75) is 103 Å². The Morgan fingerprint density at radius 1 is 0.600 bits per heavy atom. The van der Waals surface area contributed by atoms with Gasteiger partial charge in [0, 0.05) is 23.9 Å². The average molecular weight is 415 g/mol. The minimum absolute atomic E-state index is 0.109. The number of rotatable bonds is 6. The minimum atomic E-state index is 0.109. The van der Waals surface area contributed by atoms with Gasteiger partial charge in [0.2, 0.25) is 11.8 Å². The van der Waals surface area contributed by atoms with Gasteiger partial charge in [-0.25, -0.2) is 0 Å². The summed E-state index contributed by atoms with van der Waals surface area (Å²) in [6, 6.07) is 0.632. The summed E-state index contributed by atoms with van der Waals surface area (Å²) in [6.45, 7) is 4.44. The molecule has 2 N–H and O–H groups in total. The van der Waals surface area contributed by atoms with Gasteiger partial charge in [0.15, 0.2) is 0 Å². The highest BCUT2D eigenvalue weighted by atomic mass is 16.2. The van der Waals surface area contributed by atoms with Crippen molar-refractivity contribution >= 4 is 11.8 Å². The normalized spacial score (nSPS) is 44.1. The standard InChI is InChI=1S/C26H42N2O2/c1-15(23-13-17-3-5-21(23)11-17)27-25(29)19-7-9-20(10-8-19)26(30)28-16(2)24-14-18-4-6-22(24)12-18/h15-24H,3-14H2,1-2H3,(H,27,29)(H,28,30)/t15-,16+,17-,18-,19?,20?,21-,22-,23+,24-/m0/s1. The van der Waals surface area contributed by atoms with Crippen molar-refractivity contribution in [3.8, 4) is 0 Å². The number of nitrogens with one attached hydrogen (secondary N) is 2. The summed E-state index contributed by atoms with van der Waals surface area (Å²) < 4.78 is 0. The third kappa shape index (κ3) is 4.05. The molecule has 2 amide bonds. The van der Waals surface area contributed by atoms with Gasteiger partial charge >= 0.3 is 0 Å². The van der Waals surface area contributed by atoms with Crippen molar-refractivity contribution in [3.05, 3.63) is 0 Å². The molecule has 4 heteroatoms. The first-order valence-electron chi connectivity index (χ1n) is 13.1. The molecule has 168 valence electrons. The van der Waals surface area contributed by atoms with Gasteiger partial charge in [0.05, 0.1) is 0 Å². The lowest BCUT2D eigenvalue weighted by Gasteiger charge is -2.33. The molecule has 30 heavy (non-hydrogen) atoms. The molecular formula is C26H42N2O2. The maximum absolute atomic E-state index is 12.9. The van der Waals surface area contributed by atoms with Crippen LogP contribution in [-0.4, -0.2) is 23.9 Å². The number of carbonyl (C=O) groups is 2. The molecule has 4 nitrogen and oxygen atoms in total. The molecule has 5 aliphatic rings. The first kappa shape index (κ1) is 20.8. The maximum Gasteiger partial charge on any atom is 0.223 e. The number of carbonyl (C=O) groups excluding carboxylic acids is 2. The van der Waals surface area contributed by atoms with E-state index in [-0.39, 0.29) is 23.7 Å². The second-order valence-corrected chi connectivity index (χ2v) is 11.8. The van der Waals surface area contributed by atoms with E-state index < -0.39 is 0 Å². The molecule has 0 unspecified atom stereocenters. The minimum Gasteiger partial charge on any atom is -0.353 e. The van der Waals surface area contributed by atoms with Gasteiger partial charge in [-0.05, 0) is 114 Å². The Hall–Kier alpha value is -1.06. The molecule has 8 atom stereocenters. The smallest absolute Gasteiger partial charge is 0.223 e.